The van der Waals surface area contributed by atoms with Crippen molar-refractivity contribution < 1.29 is 22.0 Å². The number of hydrogen-bond acceptors (Lipinski definition) is 0. The molecule has 0 aliphatic heterocycles. The van der Waals surface area contributed by atoms with E-state index in [1.54, 1.807) is 24.3 Å². The van der Waals surface area contributed by atoms with E-state index in [-0.39, 0.29) is 6.42 Å². The van der Waals surface area contributed by atoms with Gasteiger partial charge in [-0.3, -0.25) is 0 Å². The molecule has 0 bridgehead atoms. The second-order valence-electron chi connectivity index (χ2n) is 4.28. The molecule has 0 aliphatic carbocycles. The predicted molar refractivity (Wildman–Crippen MR) is 73.1 cm³/mol. The van der Waals surface area contributed by atoms with Crippen molar-refractivity contribution in [1.29, 1.82) is 0 Å². The van der Waals surface area contributed by atoms with Crippen molar-refractivity contribution in [2.75, 3.05) is 0 Å². The van der Waals surface area contributed by atoms with Crippen LogP contribution < -0.4 is 0 Å². The molecule has 0 fully saturated rings. The van der Waals surface area contributed by atoms with Gasteiger partial charge in [-0.1, -0.05) is 39.7 Å². The number of rotatable bonds is 3. The van der Waals surface area contributed by atoms with Crippen LogP contribution in [0.3, 0.4) is 0 Å². The van der Waals surface area contributed by atoms with Crippen LogP contribution in [0.25, 0.3) is 0 Å². The van der Waals surface area contributed by atoms with Gasteiger partial charge in [-0.05, 0) is 24.1 Å². The Balaban J connectivity index is 2.39. The van der Waals surface area contributed by atoms with Crippen molar-refractivity contribution in [2.24, 2.45) is 0 Å². The molecule has 0 nitrogen and oxygen atoms in total. The minimum Gasteiger partial charge on any atom is -0.203 e. The average Bonchev–Trinajstić information content (AvgIpc) is 2.46. The van der Waals surface area contributed by atoms with Crippen molar-refractivity contribution in [3.8, 4) is 0 Å². The van der Waals surface area contributed by atoms with E-state index in [1.807, 2.05) is 0 Å². The van der Waals surface area contributed by atoms with Crippen LogP contribution in [0.4, 0.5) is 22.0 Å². The van der Waals surface area contributed by atoms with Gasteiger partial charge in [0.1, 0.15) is 0 Å². The molecule has 0 N–H and O–H groups in total. The van der Waals surface area contributed by atoms with Gasteiger partial charge in [0.15, 0.2) is 23.3 Å². The Bertz CT molecular complexity index is 643. The third-order valence-corrected chi connectivity index (χ3v) is 3.92. The lowest BCUT2D eigenvalue weighted by molar-refractivity contribution is 0.369. The third kappa shape index (κ3) is 3.21. The highest BCUT2D eigenvalue weighted by Crippen LogP contribution is 2.34. The number of alkyl halides is 1. The van der Waals surface area contributed by atoms with Gasteiger partial charge in [-0.2, -0.15) is 0 Å². The number of benzene rings is 2. The monoisotopic (exact) mass is 384 g/mol. The van der Waals surface area contributed by atoms with E-state index in [4.69, 9.17) is 11.6 Å². The highest BCUT2D eigenvalue weighted by atomic mass is 79.9. The van der Waals surface area contributed by atoms with Gasteiger partial charge < -0.3 is 0 Å². The van der Waals surface area contributed by atoms with E-state index in [0.29, 0.717) is 10.6 Å². The van der Waals surface area contributed by atoms with Gasteiger partial charge in [0, 0.05) is 15.4 Å². The summed E-state index contributed by atoms with van der Waals surface area (Å²) in [6.45, 7) is 0. The van der Waals surface area contributed by atoms with E-state index < -0.39 is 39.5 Å². The van der Waals surface area contributed by atoms with Crippen molar-refractivity contribution >= 4 is 27.5 Å². The molecule has 0 aliphatic rings. The first-order valence-corrected chi connectivity index (χ1v) is 7.02. The highest BCUT2D eigenvalue weighted by Gasteiger charge is 2.29. The summed E-state index contributed by atoms with van der Waals surface area (Å²) in [4.78, 5) is -1.07. The minimum atomic E-state index is -2.17. The smallest absolute Gasteiger partial charge is 0.200 e. The van der Waals surface area contributed by atoms with E-state index >= 15 is 0 Å². The standard InChI is InChI=1S/C14H7BrClF5/c15-8(5-6-1-3-7(16)4-2-6)9-10(17)12(19)14(21)13(20)11(9)18/h1-4,8H,5H2. The first-order chi connectivity index (χ1) is 9.82. The lowest BCUT2D eigenvalue weighted by Gasteiger charge is -2.14. The first kappa shape index (κ1) is 16.2. The molecule has 0 heterocycles. The zero-order chi connectivity index (χ0) is 15.7. The summed E-state index contributed by atoms with van der Waals surface area (Å²) in [7, 11) is 0. The topological polar surface area (TPSA) is 0 Å². The Morgan fingerprint density at radius 1 is 0.810 bits per heavy atom. The quantitative estimate of drug-likeness (QED) is 0.275. The molecule has 2 aromatic carbocycles. The van der Waals surface area contributed by atoms with Gasteiger partial charge in [0.25, 0.3) is 0 Å². The minimum absolute atomic E-state index is 0.0372. The van der Waals surface area contributed by atoms with Crippen molar-refractivity contribution in [3.63, 3.8) is 0 Å². The first-order valence-electron chi connectivity index (χ1n) is 5.72. The Hall–Kier alpha value is -1.14. The molecule has 2 rings (SSSR count). The Labute approximate surface area is 130 Å². The summed E-state index contributed by atoms with van der Waals surface area (Å²) in [5.74, 6) is -9.74. The van der Waals surface area contributed by atoms with Gasteiger partial charge in [0.2, 0.25) is 5.82 Å². The van der Waals surface area contributed by atoms with Crippen LogP contribution in [-0.4, -0.2) is 0 Å². The summed E-state index contributed by atoms with van der Waals surface area (Å²) in [6, 6.07) is 6.33. The van der Waals surface area contributed by atoms with Crippen LogP contribution >= 0.6 is 27.5 Å². The lowest BCUT2D eigenvalue weighted by Crippen LogP contribution is -2.10. The molecule has 0 amide bonds. The third-order valence-electron chi connectivity index (χ3n) is 2.89. The maximum atomic E-state index is 13.6. The maximum absolute atomic E-state index is 13.6. The SMILES string of the molecule is Fc1c(F)c(F)c(C(Br)Cc2ccc(Cl)cc2)c(F)c1F. The molecule has 21 heavy (non-hydrogen) atoms. The lowest BCUT2D eigenvalue weighted by atomic mass is 10.0. The zero-order valence-electron chi connectivity index (χ0n) is 10.2. The van der Waals surface area contributed by atoms with Gasteiger partial charge in [0.05, 0.1) is 0 Å². The average molecular weight is 386 g/mol. The zero-order valence-corrected chi connectivity index (χ0v) is 12.6. The summed E-state index contributed by atoms with van der Waals surface area (Å²) >= 11 is 8.67. The van der Waals surface area contributed by atoms with Crippen LogP contribution in [0.1, 0.15) is 16.0 Å². The van der Waals surface area contributed by atoms with Gasteiger partial charge >= 0.3 is 0 Å². The Morgan fingerprint density at radius 3 is 1.71 bits per heavy atom. The van der Waals surface area contributed by atoms with E-state index in [2.05, 4.69) is 15.9 Å². The molecule has 0 aromatic heterocycles. The Morgan fingerprint density at radius 2 is 1.24 bits per heavy atom. The van der Waals surface area contributed by atoms with Crippen molar-refractivity contribution in [2.45, 2.75) is 11.2 Å². The largest absolute Gasteiger partial charge is 0.203 e. The van der Waals surface area contributed by atoms with E-state index in [9.17, 15) is 22.0 Å². The summed E-state index contributed by atoms with van der Waals surface area (Å²) < 4.78 is 66.6. The number of halogens is 7. The van der Waals surface area contributed by atoms with Crippen molar-refractivity contribution in [1.82, 2.24) is 0 Å². The second-order valence-corrected chi connectivity index (χ2v) is 5.82. The van der Waals surface area contributed by atoms with Gasteiger partial charge in [-0.15, -0.1) is 0 Å². The molecular weight excluding hydrogens is 379 g/mol. The molecule has 0 saturated heterocycles. The molecule has 112 valence electrons. The Kier molecular flexibility index (Phi) is 4.88. The van der Waals surface area contributed by atoms with Crippen LogP contribution in [0, 0.1) is 29.1 Å². The highest BCUT2D eigenvalue weighted by molar-refractivity contribution is 9.09. The molecule has 0 radical (unpaired) electrons. The van der Waals surface area contributed by atoms with E-state index in [1.165, 1.54) is 0 Å². The molecule has 2 aromatic rings. The van der Waals surface area contributed by atoms with Crippen LogP contribution in [0.15, 0.2) is 24.3 Å². The summed E-state index contributed by atoms with van der Waals surface area (Å²) in [5, 5.41) is 0.473. The van der Waals surface area contributed by atoms with Crippen molar-refractivity contribution in [3.05, 3.63) is 69.5 Å². The normalized spacial score (nSPS) is 12.5. The molecule has 0 spiro atoms. The fourth-order valence-electron chi connectivity index (χ4n) is 1.83. The molecule has 0 saturated carbocycles. The molecular formula is C14H7BrClF5. The van der Waals surface area contributed by atoms with Crippen LogP contribution in [-0.2, 0) is 6.42 Å². The van der Waals surface area contributed by atoms with E-state index in [0.717, 1.165) is 0 Å². The fourth-order valence-corrected chi connectivity index (χ4v) is 2.73. The van der Waals surface area contributed by atoms with Crippen LogP contribution in [0.2, 0.25) is 5.02 Å². The predicted octanol–water partition coefficient (Wildman–Crippen LogP) is 5.71. The fraction of sp³-hybridized carbons (Fsp3) is 0.143. The summed E-state index contributed by atoms with van der Waals surface area (Å²) in [5.41, 5.74) is -0.258. The summed E-state index contributed by atoms with van der Waals surface area (Å²) in [6.07, 6.45) is 0.0372. The van der Waals surface area contributed by atoms with Gasteiger partial charge in [-0.25, -0.2) is 22.0 Å². The van der Waals surface area contributed by atoms with Crippen LogP contribution in [0.5, 0.6) is 0 Å². The second kappa shape index (κ2) is 6.32. The molecule has 1 unspecified atom stereocenters. The number of hydrogen-bond donors (Lipinski definition) is 0. The molecule has 7 heteroatoms. The molecule has 1 atom stereocenters. The maximum Gasteiger partial charge on any atom is 0.200 e.